The number of pyridine rings is 1. The summed E-state index contributed by atoms with van der Waals surface area (Å²) in [6.07, 6.45) is 3.06. The highest BCUT2D eigenvalue weighted by Crippen LogP contribution is 2.22. The average molecular weight is 310 g/mol. The van der Waals surface area contributed by atoms with E-state index in [9.17, 15) is 4.79 Å². The van der Waals surface area contributed by atoms with E-state index in [4.69, 9.17) is 16.3 Å². The SMILES string of the molecule is CCOc1ncc(C(=O)NCCn2cnnc2C)cc1Cl. The maximum atomic E-state index is 12.0. The maximum absolute atomic E-state index is 12.0. The molecule has 0 aliphatic heterocycles. The van der Waals surface area contributed by atoms with Gasteiger partial charge < -0.3 is 14.6 Å². The predicted molar refractivity (Wildman–Crippen MR) is 77.5 cm³/mol. The van der Waals surface area contributed by atoms with Gasteiger partial charge in [0.05, 0.1) is 12.2 Å². The lowest BCUT2D eigenvalue weighted by Crippen LogP contribution is -2.27. The molecule has 21 heavy (non-hydrogen) atoms. The van der Waals surface area contributed by atoms with Crippen LogP contribution < -0.4 is 10.1 Å². The number of carbonyl (C=O) groups is 1. The van der Waals surface area contributed by atoms with Crippen LogP contribution >= 0.6 is 11.6 Å². The Hall–Kier alpha value is -2.15. The second-order valence-corrected chi connectivity index (χ2v) is 4.68. The first-order valence-electron chi connectivity index (χ1n) is 6.52. The van der Waals surface area contributed by atoms with Crippen LogP contribution in [-0.4, -0.2) is 38.8 Å². The summed E-state index contributed by atoms with van der Waals surface area (Å²) in [7, 11) is 0. The summed E-state index contributed by atoms with van der Waals surface area (Å²) in [5.41, 5.74) is 0.393. The minimum Gasteiger partial charge on any atom is -0.477 e. The zero-order chi connectivity index (χ0) is 15.2. The van der Waals surface area contributed by atoms with E-state index in [1.165, 1.54) is 6.20 Å². The third-order valence-electron chi connectivity index (χ3n) is 2.80. The lowest BCUT2D eigenvalue weighted by Gasteiger charge is -2.08. The van der Waals surface area contributed by atoms with Crippen LogP contribution in [0.3, 0.4) is 0 Å². The minimum absolute atomic E-state index is 0.238. The Kier molecular flexibility index (Phi) is 5.10. The Bertz CT molecular complexity index is 629. The fourth-order valence-electron chi connectivity index (χ4n) is 1.72. The van der Waals surface area contributed by atoms with Crippen LogP contribution in [0.2, 0.25) is 5.02 Å². The minimum atomic E-state index is -0.238. The first-order valence-corrected chi connectivity index (χ1v) is 6.90. The average Bonchev–Trinajstić information content (AvgIpc) is 2.87. The highest BCUT2D eigenvalue weighted by molar-refractivity contribution is 6.32. The van der Waals surface area contributed by atoms with E-state index in [1.807, 2.05) is 18.4 Å². The molecule has 0 unspecified atom stereocenters. The monoisotopic (exact) mass is 309 g/mol. The summed E-state index contributed by atoms with van der Waals surface area (Å²) in [5.74, 6) is 0.893. The summed E-state index contributed by atoms with van der Waals surface area (Å²) in [4.78, 5) is 16.0. The van der Waals surface area contributed by atoms with E-state index >= 15 is 0 Å². The van der Waals surface area contributed by atoms with E-state index in [-0.39, 0.29) is 5.91 Å². The molecule has 2 heterocycles. The Labute approximate surface area is 127 Å². The van der Waals surface area contributed by atoms with Crippen LogP contribution in [0, 0.1) is 6.92 Å². The molecule has 2 aromatic heterocycles. The quantitative estimate of drug-likeness (QED) is 0.873. The Balaban J connectivity index is 1.91. The van der Waals surface area contributed by atoms with Gasteiger partial charge in [-0.2, -0.15) is 0 Å². The van der Waals surface area contributed by atoms with Crippen molar-refractivity contribution in [3.8, 4) is 5.88 Å². The zero-order valence-corrected chi connectivity index (χ0v) is 12.6. The van der Waals surface area contributed by atoms with E-state index in [2.05, 4.69) is 20.5 Å². The number of rotatable bonds is 6. The molecule has 0 aromatic carbocycles. The number of ether oxygens (including phenoxy) is 1. The van der Waals surface area contributed by atoms with Crippen LogP contribution in [0.25, 0.3) is 0 Å². The molecule has 1 N–H and O–H groups in total. The number of aromatic nitrogens is 4. The van der Waals surface area contributed by atoms with Gasteiger partial charge >= 0.3 is 0 Å². The van der Waals surface area contributed by atoms with E-state index < -0.39 is 0 Å². The molecule has 2 rings (SSSR count). The van der Waals surface area contributed by atoms with Crippen molar-refractivity contribution in [1.82, 2.24) is 25.1 Å². The van der Waals surface area contributed by atoms with Gasteiger partial charge in [0.2, 0.25) is 5.88 Å². The van der Waals surface area contributed by atoms with Crippen molar-refractivity contribution in [3.63, 3.8) is 0 Å². The highest BCUT2D eigenvalue weighted by Gasteiger charge is 2.10. The van der Waals surface area contributed by atoms with Crippen LogP contribution in [0.15, 0.2) is 18.6 Å². The number of amides is 1. The maximum Gasteiger partial charge on any atom is 0.252 e. The first-order chi connectivity index (χ1) is 10.1. The van der Waals surface area contributed by atoms with Gasteiger partial charge in [-0.3, -0.25) is 4.79 Å². The van der Waals surface area contributed by atoms with Crippen molar-refractivity contribution in [2.75, 3.05) is 13.2 Å². The van der Waals surface area contributed by atoms with Crippen LogP contribution in [0.4, 0.5) is 0 Å². The van der Waals surface area contributed by atoms with Crippen molar-refractivity contribution in [2.45, 2.75) is 20.4 Å². The molecule has 0 aliphatic carbocycles. The fraction of sp³-hybridized carbons (Fsp3) is 0.385. The molecule has 0 fully saturated rings. The van der Waals surface area contributed by atoms with Gasteiger partial charge in [-0.25, -0.2) is 4.98 Å². The van der Waals surface area contributed by atoms with Gasteiger partial charge in [-0.15, -0.1) is 10.2 Å². The summed E-state index contributed by atoms with van der Waals surface area (Å²) >= 11 is 6.00. The number of hydrogen-bond acceptors (Lipinski definition) is 5. The normalized spacial score (nSPS) is 10.4. The summed E-state index contributed by atoms with van der Waals surface area (Å²) < 4.78 is 7.07. The van der Waals surface area contributed by atoms with Gasteiger partial charge in [-0.05, 0) is 19.9 Å². The fourth-order valence-corrected chi connectivity index (χ4v) is 1.94. The number of aryl methyl sites for hydroxylation is 1. The summed E-state index contributed by atoms with van der Waals surface area (Å²) in [6.45, 7) is 5.22. The van der Waals surface area contributed by atoms with Crippen LogP contribution in [0.5, 0.6) is 5.88 Å². The van der Waals surface area contributed by atoms with Crippen molar-refractivity contribution in [2.24, 2.45) is 0 Å². The van der Waals surface area contributed by atoms with Crippen molar-refractivity contribution in [1.29, 1.82) is 0 Å². The van der Waals surface area contributed by atoms with Crippen molar-refractivity contribution in [3.05, 3.63) is 35.0 Å². The molecule has 0 bridgehead atoms. The number of nitrogens with zero attached hydrogens (tertiary/aromatic N) is 4. The standard InChI is InChI=1S/C13H16ClN5O2/c1-3-21-13-11(14)6-10(7-16-13)12(20)15-4-5-19-8-17-18-9(19)2/h6-8H,3-5H2,1-2H3,(H,15,20). The zero-order valence-electron chi connectivity index (χ0n) is 11.8. The Morgan fingerprint density at radius 2 is 2.33 bits per heavy atom. The Morgan fingerprint density at radius 3 is 2.95 bits per heavy atom. The largest absolute Gasteiger partial charge is 0.477 e. The predicted octanol–water partition coefficient (Wildman–Crippen LogP) is 1.46. The van der Waals surface area contributed by atoms with E-state index in [0.717, 1.165) is 5.82 Å². The summed E-state index contributed by atoms with van der Waals surface area (Å²) in [6, 6.07) is 1.54. The molecule has 0 atom stereocenters. The molecule has 8 heteroatoms. The second-order valence-electron chi connectivity index (χ2n) is 4.27. The molecule has 0 spiro atoms. The lowest BCUT2D eigenvalue weighted by molar-refractivity contribution is 0.0951. The molecule has 0 radical (unpaired) electrons. The molecular weight excluding hydrogens is 294 g/mol. The third kappa shape index (κ3) is 3.91. The van der Waals surface area contributed by atoms with E-state index in [1.54, 1.807) is 12.4 Å². The molecule has 0 saturated heterocycles. The second kappa shape index (κ2) is 7.03. The first kappa shape index (κ1) is 15.2. The molecule has 1 amide bonds. The number of hydrogen-bond donors (Lipinski definition) is 1. The van der Waals surface area contributed by atoms with Crippen LogP contribution in [0.1, 0.15) is 23.1 Å². The number of carbonyl (C=O) groups excluding carboxylic acids is 1. The lowest BCUT2D eigenvalue weighted by atomic mass is 10.2. The van der Waals surface area contributed by atoms with Gasteiger partial charge in [0.1, 0.15) is 17.2 Å². The van der Waals surface area contributed by atoms with Gasteiger partial charge in [0.25, 0.3) is 5.91 Å². The van der Waals surface area contributed by atoms with Gasteiger partial charge in [-0.1, -0.05) is 11.6 Å². The Morgan fingerprint density at radius 1 is 1.52 bits per heavy atom. The van der Waals surface area contributed by atoms with Gasteiger partial charge in [0, 0.05) is 19.3 Å². The highest BCUT2D eigenvalue weighted by atomic mass is 35.5. The molecular formula is C13H16ClN5O2. The van der Waals surface area contributed by atoms with Crippen LogP contribution in [-0.2, 0) is 6.54 Å². The molecule has 112 valence electrons. The molecule has 7 nitrogen and oxygen atoms in total. The van der Waals surface area contributed by atoms with Gasteiger partial charge in [0.15, 0.2) is 0 Å². The number of halogens is 1. The molecule has 0 aliphatic rings. The number of nitrogens with one attached hydrogen (secondary N) is 1. The van der Waals surface area contributed by atoms with E-state index in [0.29, 0.717) is 36.2 Å². The van der Waals surface area contributed by atoms with Crippen molar-refractivity contribution >= 4 is 17.5 Å². The molecule has 2 aromatic rings. The smallest absolute Gasteiger partial charge is 0.252 e. The topological polar surface area (TPSA) is 81.9 Å². The summed E-state index contributed by atoms with van der Waals surface area (Å²) in [5, 5.41) is 10.8. The third-order valence-corrected chi connectivity index (χ3v) is 3.07. The molecule has 0 saturated carbocycles. The van der Waals surface area contributed by atoms with Crippen molar-refractivity contribution < 1.29 is 9.53 Å².